The highest BCUT2D eigenvalue weighted by Crippen LogP contribution is 2.27. The van der Waals surface area contributed by atoms with Crippen LogP contribution in [0.5, 0.6) is 11.5 Å². The van der Waals surface area contributed by atoms with Crippen LogP contribution in [0.1, 0.15) is 11.1 Å². The minimum atomic E-state index is -0.0518. The second-order valence-electron chi connectivity index (χ2n) is 4.88. The van der Waals surface area contributed by atoms with Gasteiger partial charge in [0.2, 0.25) is 5.91 Å². The number of benzene rings is 2. The zero-order valence-electron chi connectivity index (χ0n) is 12.8. The molecule has 0 spiro atoms. The predicted octanol–water partition coefficient (Wildman–Crippen LogP) is 2.14. The molecule has 0 saturated carbocycles. The number of nitrogen functional groups attached to an aromatic ring is 1. The topological polar surface area (TPSA) is 73.6 Å². The molecular formula is C17H20N2O3. The maximum absolute atomic E-state index is 12.0. The minimum Gasteiger partial charge on any atom is -0.493 e. The summed E-state index contributed by atoms with van der Waals surface area (Å²) in [6, 6.07) is 12.9. The van der Waals surface area contributed by atoms with Gasteiger partial charge in [0, 0.05) is 12.2 Å². The largest absolute Gasteiger partial charge is 0.493 e. The summed E-state index contributed by atoms with van der Waals surface area (Å²) in [5.74, 6) is 1.21. The van der Waals surface area contributed by atoms with Crippen molar-refractivity contribution >= 4 is 11.6 Å². The van der Waals surface area contributed by atoms with Gasteiger partial charge in [-0.05, 0) is 35.4 Å². The summed E-state index contributed by atoms with van der Waals surface area (Å²) < 4.78 is 10.4. The first-order chi connectivity index (χ1) is 10.6. The van der Waals surface area contributed by atoms with E-state index in [-0.39, 0.29) is 12.3 Å². The Hall–Kier alpha value is -2.69. The summed E-state index contributed by atoms with van der Waals surface area (Å²) in [5, 5.41) is 2.88. The van der Waals surface area contributed by atoms with Crippen LogP contribution in [0.2, 0.25) is 0 Å². The molecule has 0 atom stereocenters. The van der Waals surface area contributed by atoms with Gasteiger partial charge in [-0.2, -0.15) is 0 Å². The number of rotatable bonds is 6. The van der Waals surface area contributed by atoms with E-state index in [1.54, 1.807) is 20.3 Å². The van der Waals surface area contributed by atoms with Crippen molar-refractivity contribution in [2.45, 2.75) is 13.0 Å². The molecule has 2 aromatic rings. The van der Waals surface area contributed by atoms with Crippen molar-refractivity contribution in [2.24, 2.45) is 0 Å². The quantitative estimate of drug-likeness (QED) is 0.802. The van der Waals surface area contributed by atoms with Crippen LogP contribution in [-0.4, -0.2) is 20.1 Å². The zero-order chi connectivity index (χ0) is 15.9. The van der Waals surface area contributed by atoms with Crippen molar-refractivity contribution in [3.63, 3.8) is 0 Å². The monoisotopic (exact) mass is 300 g/mol. The fourth-order valence-corrected chi connectivity index (χ4v) is 2.07. The number of methoxy groups -OCH3 is 2. The molecule has 0 aliphatic rings. The number of ether oxygens (including phenoxy) is 2. The third-order valence-electron chi connectivity index (χ3n) is 3.28. The minimum absolute atomic E-state index is 0.0518. The van der Waals surface area contributed by atoms with Crippen molar-refractivity contribution in [3.8, 4) is 11.5 Å². The van der Waals surface area contributed by atoms with E-state index in [1.165, 1.54) is 0 Å². The molecule has 22 heavy (non-hydrogen) atoms. The third kappa shape index (κ3) is 4.15. The first-order valence-corrected chi connectivity index (χ1v) is 6.94. The van der Waals surface area contributed by atoms with Crippen LogP contribution in [0.3, 0.4) is 0 Å². The molecule has 0 unspecified atom stereocenters. The summed E-state index contributed by atoms with van der Waals surface area (Å²) >= 11 is 0. The molecule has 0 aromatic heterocycles. The van der Waals surface area contributed by atoms with Gasteiger partial charge < -0.3 is 20.5 Å². The Balaban J connectivity index is 1.93. The van der Waals surface area contributed by atoms with E-state index in [0.29, 0.717) is 23.7 Å². The molecule has 0 aliphatic heterocycles. The summed E-state index contributed by atoms with van der Waals surface area (Å²) in [6.45, 7) is 0.479. The molecule has 5 nitrogen and oxygen atoms in total. The van der Waals surface area contributed by atoms with E-state index in [2.05, 4.69) is 5.32 Å². The van der Waals surface area contributed by atoms with Crippen LogP contribution in [0, 0.1) is 0 Å². The Kier molecular flexibility index (Phi) is 5.25. The Morgan fingerprint density at radius 2 is 1.64 bits per heavy atom. The van der Waals surface area contributed by atoms with Crippen molar-refractivity contribution < 1.29 is 14.3 Å². The summed E-state index contributed by atoms with van der Waals surface area (Å²) in [6.07, 6.45) is 0.287. The van der Waals surface area contributed by atoms with Crippen molar-refractivity contribution in [1.29, 1.82) is 0 Å². The van der Waals surface area contributed by atoms with Gasteiger partial charge in [0.1, 0.15) is 0 Å². The number of anilines is 1. The van der Waals surface area contributed by atoms with Crippen LogP contribution in [0.25, 0.3) is 0 Å². The molecule has 0 fully saturated rings. The summed E-state index contributed by atoms with van der Waals surface area (Å²) in [7, 11) is 3.15. The normalized spacial score (nSPS) is 10.1. The maximum Gasteiger partial charge on any atom is 0.224 e. The SMILES string of the molecule is COc1ccc(CC(=O)NCc2ccc(N)cc2)cc1OC. The van der Waals surface area contributed by atoms with Crippen LogP contribution >= 0.6 is 0 Å². The van der Waals surface area contributed by atoms with E-state index in [9.17, 15) is 4.79 Å². The first kappa shape index (κ1) is 15.7. The molecule has 2 aromatic carbocycles. The predicted molar refractivity (Wildman–Crippen MR) is 86.0 cm³/mol. The molecule has 116 valence electrons. The molecule has 5 heteroatoms. The van der Waals surface area contributed by atoms with Gasteiger partial charge in [-0.25, -0.2) is 0 Å². The third-order valence-corrected chi connectivity index (χ3v) is 3.28. The van der Waals surface area contributed by atoms with E-state index < -0.39 is 0 Å². The highest BCUT2D eigenvalue weighted by Gasteiger charge is 2.08. The van der Waals surface area contributed by atoms with Gasteiger partial charge in [-0.15, -0.1) is 0 Å². The molecule has 2 rings (SSSR count). The maximum atomic E-state index is 12.0. The first-order valence-electron chi connectivity index (χ1n) is 6.94. The lowest BCUT2D eigenvalue weighted by molar-refractivity contribution is -0.120. The molecule has 0 bridgehead atoms. The zero-order valence-corrected chi connectivity index (χ0v) is 12.8. The lowest BCUT2D eigenvalue weighted by Crippen LogP contribution is -2.24. The number of carbonyl (C=O) groups excluding carboxylic acids is 1. The smallest absolute Gasteiger partial charge is 0.224 e. The van der Waals surface area contributed by atoms with Crippen LogP contribution in [0.15, 0.2) is 42.5 Å². The van der Waals surface area contributed by atoms with Gasteiger partial charge in [-0.3, -0.25) is 4.79 Å². The van der Waals surface area contributed by atoms with E-state index in [0.717, 1.165) is 11.1 Å². The van der Waals surface area contributed by atoms with Crippen LogP contribution in [0.4, 0.5) is 5.69 Å². The van der Waals surface area contributed by atoms with Crippen molar-refractivity contribution in [1.82, 2.24) is 5.32 Å². The second kappa shape index (κ2) is 7.36. The molecule has 3 N–H and O–H groups in total. The van der Waals surface area contributed by atoms with Gasteiger partial charge in [0.15, 0.2) is 11.5 Å². The number of nitrogens with two attached hydrogens (primary N) is 1. The van der Waals surface area contributed by atoms with E-state index >= 15 is 0 Å². The Morgan fingerprint density at radius 1 is 1.00 bits per heavy atom. The average Bonchev–Trinajstić information content (AvgIpc) is 2.54. The lowest BCUT2D eigenvalue weighted by Gasteiger charge is -2.10. The number of carbonyl (C=O) groups is 1. The van der Waals surface area contributed by atoms with Gasteiger partial charge in [0.05, 0.1) is 20.6 Å². The summed E-state index contributed by atoms with van der Waals surface area (Å²) in [5.41, 5.74) is 8.21. The number of hydrogen-bond donors (Lipinski definition) is 2. The van der Waals surface area contributed by atoms with Crippen LogP contribution in [-0.2, 0) is 17.8 Å². The Labute approximate surface area is 130 Å². The van der Waals surface area contributed by atoms with E-state index in [4.69, 9.17) is 15.2 Å². The number of nitrogens with one attached hydrogen (secondary N) is 1. The van der Waals surface area contributed by atoms with Crippen LogP contribution < -0.4 is 20.5 Å². The molecule has 0 saturated heterocycles. The lowest BCUT2D eigenvalue weighted by atomic mass is 10.1. The number of amides is 1. The molecule has 0 aliphatic carbocycles. The highest BCUT2D eigenvalue weighted by atomic mass is 16.5. The van der Waals surface area contributed by atoms with Gasteiger partial charge in [0.25, 0.3) is 0 Å². The highest BCUT2D eigenvalue weighted by molar-refractivity contribution is 5.78. The molecule has 0 heterocycles. The van der Waals surface area contributed by atoms with Gasteiger partial charge in [-0.1, -0.05) is 18.2 Å². The van der Waals surface area contributed by atoms with Crippen molar-refractivity contribution in [3.05, 3.63) is 53.6 Å². The molecular weight excluding hydrogens is 280 g/mol. The second-order valence-corrected chi connectivity index (χ2v) is 4.88. The molecule has 0 radical (unpaired) electrons. The average molecular weight is 300 g/mol. The fraction of sp³-hybridized carbons (Fsp3) is 0.235. The Bertz CT molecular complexity index is 639. The fourth-order valence-electron chi connectivity index (χ4n) is 2.07. The standard InChI is InChI=1S/C17H20N2O3/c1-21-15-8-5-13(9-16(15)22-2)10-17(20)19-11-12-3-6-14(18)7-4-12/h3-9H,10-11,18H2,1-2H3,(H,19,20). The Morgan fingerprint density at radius 3 is 2.27 bits per heavy atom. The summed E-state index contributed by atoms with van der Waals surface area (Å²) in [4.78, 5) is 12.0. The van der Waals surface area contributed by atoms with Crippen molar-refractivity contribution in [2.75, 3.05) is 20.0 Å². The molecule has 1 amide bonds. The number of hydrogen-bond acceptors (Lipinski definition) is 4. The van der Waals surface area contributed by atoms with Gasteiger partial charge >= 0.3 is 0 Å². The van der Waals surface area contributed by atoms with E-state index in [1.807, 2.05) is 36.4 Å².